The molecule has 0 saturated heterocycles. The summed E-state index contributed by atoms with van der Waals surface area (Å²) in [7, 11) is 0. The molecule has 0 aromatic heterocycles. The van der Waals surface area contributed by atoms with Gasteiger partial charge in [0.25, 0.3) is 0 Å². The standard InChI is InChI=1S/C11H15NS/c13-6-12-9-4-10-7-1-2-8(3-7)11(10)5-9/h7-11H,1-5H2. The van der Waals surface area contributed by atoms with Crippen LogP contribution in [0.25, 0.3) is 0 Å². The maximum atomic E-state index is 4.68. The molecule has 3 aliphatic rings. The second kappa shape index (κ2) is 2.90. The molecule has 0 amide bonds. The Hall–Kier alpha value is -0.200. The molecule has 4 atom stereocenters. The van der Waals surface area contributed by atoms with Crippen LogP contribution in [0.4, 0.5) is 0 Å². The number of aliphatic imine (C=N–C) groups is 1. The van der Waals surface area contributed by atoms with E-state index in [4.69, 9.17) is 0 Å². The van der Waals surface area contributed by atoms with Gasteiger partial charge in [0.1, 0.15) is 0 Å². The smallest absolute Gasteiger partial charge is 0.0608 e. The summed E-state index contributed by atoms with van der Waals surface area (Å²) in [6.45, 7) is 0. The number of rotatable bonds is 1. The van der Waals surface area contributed by atoms with E-state index in [1.54, 1.807) is 0 Å². The Labute approximate surface area is 84.6 Å². The molecule has 3 rings (SSSR count). The van der Waals surface area contributed by atoms with Crippen LogP contribution >= 0.6 is 12.2 Å². The van der Waals surface area contributed by atoms with Crippen molar-refractivity contribution in [3.63, 3.8) is 0 Å². The third-order valence-corrected chi connectivity index (χ3v) is 4.70. The summed E-state index contributed by atoms with van der Waals surface area (Å²) < 4.78 is 0. The first-order chi connectivity index (χ1) is 6.38. The van der Waals surface area contributed by atoms with Crippen molar-refractivity contribution in [1.29, 1.82) is 0 Å². The van der Waals surface area contributed by atoms with Gasteiger partial charge in [-0.1, -0.05) is 0 Å². The van der Waals surface area contributed by atoms with Gasteiger partial charge in [0.05, 0.1) is 11.2 Å². The third kappa shape index (κ3) is 1.12. The lowest BCUT2D eigenvalue weighted by atomic mass is 9.82. The van der Waals surface area contributed by atoms with Crippen LogP contribution in [0.3, 0.4) is 0 Å². The maximum absolute atomic E-state index is 4.68. The molecule has 0 radical (unpaired) electrons. The lowest BCUT2D eigenvalue weighted by Gasteiger charge is -2.23. The number of nitrogens with zero attached hydrogens (tertiary/aromatic N) is 1. The molecule has 2 bridgehead atoms. The first-order valence-corrected chi connectivity index (χ1v) is 5.86. The predicted molar refractivity (Wildman–Crippen MR) is 55.9 cm³/mol. The van der Waals surface area contributed by atoms with Gasteiger partial charge in [0.2, 0.25) is 0 Å². The zero-order valence-corrected chi connectivity index (χ0v) is 8.59. The zero-order chi connectivity index (χ0) is 8.84. The fraction of sp³-hybridized carbons (Fsp3) is 0.909. The van der Waals surface area contributed by atoms with E-state index >= 15 is 0 Å². The summed E-state index contributed by atoms with van der Waals surface area (Å²) in [6.07, 6.45) is 7.16. The summed E-state index contributed by atoms with van der Waals surface area (Å²) in [6, 6.07) is 0.538. The van der Waals surface area contributed by atoms with Crippen molar-refractivity contribution >= 4 is 17.4 Å². The van der Waals surface area contributed by atoms with Crippen molar-refractivity contribution in [3.05, 3.63) is 0 Å². The first kappa shape index (κ1) is 8.14. The van der Waals surface area contributed by atoms with Gasteiger partial charge in [-0.3, -0.25) is 0 Å². The largest absolute Gasteiger partial charge is 0.229 e. The number of fused-ring (bicyclic) bond motifs is 5. The zero-order valence-electron chi connectivity index (χ0n) is 7.78. The van der Waals surface area contributed by atoms with Crippen molar-refractivity contribution in [2.24, 2.45) is 28.7 Å². The maximum Gasteiger partial charge on any atom is 0.0608 e. The molecule has 2 heteroatoms. The molecule has 1 nitrogen and oxygen atoms in total. The monoisotopic (exact) mass is 193 g/mol. The van der Waals surface area contributed by atoms with Crippen LogP contribution in [0.2, 0.25) is 0 Å². The number of hydrogen-bond acceptors (Lipinski definition) is 2. The minimum Gasteiger partial charge on any atom is -0.229 e. The Morgan fingerprint density at radius 2 is 1.62 bits per heavy atom. The molecule has 0 aromatic carbocycles. The van der Waals surface area contributed by atoms with Crippen LogP contribution < -0.4 is 0 Å². The van der Waals surface area contributed by atoms with Gasteiger partial charge < -0.3 is 0 Å². The van der Waals surface area contributed by atoms with Gasteiger partial charge in [-0.25, -0.2) is 4.99 Å². The van der Waals surface area contributed by atoms with E-state index < -0.39 is 0 Å². The highest BCUT2D eigenvalue weighted by Gasteiger charge is 2.51. The quantitative estimate of drug-likeness (QED) is 0.461. The van der Waals surface area contributed by atoms with E-state index in [0.717, 1.165) is 23.7 Å². The van der Waals surface area contributed by atoms with Gasteiger partial charge in [-0.15, -0.1) is 0 Å². The molecule has 0 spiro atoms. The van der Waals surface area contributed by atoms with Crippen molar-refractivity contribution in [3.8, 4) is 0 Å². The van der Waals surface area contributed by atoms with Gasteiger partial charge in [0, 0.05) is 0 Å². The van der Waals surface area contributed by atoms with Crippen LogP contribution in [0.1, 0.15) is 32.1 Å². The van der Waals surface area contributed by atoms with Crippen LogP contribution in [0.5, 0.6) is 0 Å². The fourth-order valence-electron chi connectivity index (χ4n) is 4.17. The lowest BCUT2D eigenvalue weighted by molar-refractivity contribution is 0.259. The van der Waals surface area contributed by atoms with Crippen LogP contribution in [0, 0.1) is 23.7 Å². The molecule has 0 aliphatic heterocycles. The summed E-state index contributed by atoms with van der Waals surface area (Å²) in [4.78, 5) is 4.27. The molecule has 0 N–H and O–H groups in total. The number of thiocarbonyl (C=S) groups is 1. The molecular formula is C11H15NS. The Morgan fingerprint density at radius 3 is 2.15 bits per heavy atom. The van der Waals surface area contributed by atoms with Crippen LogP contribution in [-0.4, -0.2) is 11.2 Å². The summed E-state index contributed by atoms with van der Waals surface area (Å²) in [5, 5.41) is 2.56. The van der Waals surface area contributed by atoms with E-state index in [-0.39, 0.29) is 0 Å². The fourth-order valence-corrected chi connectivity index (χ4v) is 4.32. The van der Waals surface area contributed by atoms with Crippen molar-refractivity contribution in [1.82, 2.24) is 0 Å². The van der Waals surface area contributed by atoms with Crippen molar-refractivity contribution in [2.75, 3.05) is 0 Å². The normalized spacial score (nSPS) is 51.8. The second-order valence-electron chi connectivity index (χ2n) is 5.01. The van der Waals surface area contributed by atoms with Crippen molar-refractivity contribution in [2.45, 2.75) is 38.1 Å². The second-order valence-corrected chi connectivity index (χ2v) is 5.19. The molecule has 0 heterocycles. The molecule has 4 unspecified atom stereocenters. The van der Waals surface area contributed by atoms with Gasteiger partial charge in [-0.05, 0) is 68.0 Å². The Bertz CT molecular complexity index is 251. The Kier molecular flexibility index (Phi) is 1.81. The molecular weight excluding hydrogens is 178 g/mol. The Balaban J connectivity index is 1.79. The van der Waals surface area contributed by atoms with E-state index in [1.165, 1.54) is 32.1 Å². The molecule has 70 valence electrons. The van der Waals surface area contributed by atoms with Gasteiger partial charge >= 0.3 is 0 Å². The number of hydrogen-bond donors (Lipinski definition) is 0. The topological polar surface area (TPSA) is 12.4 Å². The van der Waals surface area contributed by atoms with E-state index in [9.17, 15) is 0 Å². The van der Waals surface area contributed by atoms with Crippen molar-refractivity contribution < 1.29 is 0 Å². The van der Waals surface area contributed by atoms with E-state index in [2.05, 4.69) is 22.4 Å². The Morgan fingerprint density at radius 1 is 1.00 bits per heavy atom. The minimum atomic E-state index is 0.538. The summed E-state index contributed by atoms with van der Waals surface area (Å²) in [5.41, 5.74) is 0. The third-order valence-electron chi connectivity index (χ3n) is 4.60. The highest BCUT2D eigenvalue weighted by atomic mass is 32.1. The van der Waals surface area contributed by atoms with Gasteiger partial charge in [0.15, 0.2) is 0 Å². The first-order valence-electron chi connectivity index (χ1n) is 5.45. The average Bonchev–Trinajstić information content (AvgIpc) is 2.72. The molecule has 0 aromatic rings. The van der Waals surface area contributed by atoms with E-state index in [0.29, 0.717) is 6.04 Å². The van der Waals surface area contributed by atoms with Gasteiger partial charge in [-0.2, -0.15) is 0 Å². The summed E-state index contributed by atoms with van der Waals surface area (Å²) in [5.74, 6) is 4.13. The minimum absolute atomic E-state index is 0.538. The average molecular weight is 193 g/mol. The van der Waals surface area contributed by atoms with Crippen LogP contribution in [0.15, 0.2) is 4.99 Å². The highest BCUT2D eigenvalue weighted by molar-refractivity contribution is 7.78. The molecule has 3 aliphatic carbocycles. The lowest BCUT2D eigenvalue weighted by Crippen LogP contribution is -2.15. The molecule has 13 heavy (non-hydrogen) atoms. The van der Waals surface area contributed by atoms with Crippen LogP contribution in [-0.2, 0) is 0 Å². The predicted octanol–water partition coefficient (Wildman–Crippen LogP) is 2.91. The van der Waals surface area contributed by atoms with E-state index in [1.807, 2.05) is 0 Å². The molecule has 3 saturated carbocycles. The number of isothiocyanates is 1. The summed E-state index contributed by atoms with van der Waals surface area (Å²) >= 11 is 4.68. The highest BCUT2D eigenvalue weighted by Crippen LogP contribution is 2.59. The molecule has 3 fully saturated rings. The SMILES string of the molecule is S=C=NC1CC2C3CCC(C3)C2C1.